The Hall–Kier alpha value is -3.21. The Morgan fingerprint density at radius 2 is 1.84 bits per heavy atom. The molecule has 3 aromatic rings. The molecule has 0 aliphatic heterocycles. The Bertz CT molecular complexity index is 943. The fourth-order valence-corrected chi connectivity index (χ4v) is 2.73. The van der Waals surface area contributed by atoms with Crippen LogP contribution in [0.5, 0.6) is 0 Å². The zero-order chi connectivity index (χ0) is 18.0. The van der Waals surface area contributed by atoms with E-state index < -0.39 is 5.97 Å². The largest absolute Gasteiger partial charge is 0.478 e. The zero-order valence-electron chi connectivity index (χ0n) is 14.1. The van der Waals surface area contributed by atoms with Gasteiger partial charge in [0.2, 0.25) is 0 Å². The number of aromatic nitrogens is 2. The molecule has 0 fully saturated rings. The molecule has 0 bridgehead atoms. The topological polar surface area (TPSA) is 72.2 Å². The number of imidazole rings is 1. The molecule has 0 spiro atoms. The summed E-state index contributed by atoms with van der Waals surface area (Å²) in [6.07, 6.45) is 1.68. The second kappa shape index (κ2) is 6.73. The van der Waals surface area contributed by atoms with Gasteiger partial charge >= 0.3 is 5.97 Å². The minimum atomic E-state index is -1.02. The number of rotatable bonds is 5. The molecule has 1 aromatic heterocycles. The van der Waals surface area contributed by atoms with Gasteiger partial charge in [-0.2, -0.15) is 0 Å². The van der Waals surface area contributed by atoms with E-state index in [-0.39, 0.29) is 11.3 Å². The van der Waals surface area contributed by atoms with Crippen molar-refractivity contribution in [3.05, 3.63) is 77.1 Å². The summed E-state index contributed by atoms with van der Waals surface area (Å²) in [5.74, 6) is -0.694. The highest BCUT2D eigenvalue weighted by atomic mass is 16.4. The molecule has 5 nitrogen and oxygen atoms in total. The zero-order valence-corrected chi connectivity index (χ0v) is 14.1. The number of benzene rings is 2. The first-order valence-electron chi connectivity index (χ1n) is 7.92. The molecule has 0 saturated carbocycles. The van der Waals surface area contributed by atoms with E-state index in [1.165, 1.54) is 6.92 Å². The van der Waals surface area contributed by atoms with Crippen LogP contribution in [0.4, 0.5) is 0 Å². The summed E-state index contributed by atoms with van der Waals surface area (Å²) in [4.78, 5) is 27.8. The molecule has 5 heteroatoms. The number of aryl methyl sites for hydroxylation is 1. The highest BCUT2D eigenvalue weighted by Gasteiger charge is 2.19. The van der Waals surface area contributed by atoms with Crippen molar-refractivity contribution >= 4 is 11.8 Å². The second-order valence-corrected chi connectivity index (χ2v) is 5.97. The van der Waals surface area contributed by atoms with Crippen LogP contribution in [0, 0.1) is 6.92 Å². The van der Waals surface area contributed by atoms with Crippen LogP contribution in [0.3, 0.4) is 0 Å². The van der Waals surface area contributed by atoms with Crippen molar-refractivity contribution in [1.29, 1.82) is 0 Å². The van der Waals surface area contributed by atoms with Crippen LogP contribution in [-0.4, -0.2) is 26.4 Å². The van der Waals surface area contributed by atoms with Gasteiger partial charge in [0.15, 0.2) is 5.78 Å². The van der Waals surface area contributed by atoms with Gasteiger partial charge in [-0.15, -0.1) is 0 Å². The minimum Gasteiger partial charge on any atom is -0.478 e. The molecule has 0 unspecified atom stereocenters. The van der Waals surface area contributed by atoms with E-state index in [2.05, 4.69) is 4.98 Å². The van der Waals surface area contributed by atoms with Crippen molar-refractivity contribution in [2.24, 2.45) is 0 Å². The summed E-state index contributed by atoms with van der Waals surface area (Å²) in [6.45, 7) is 3.79. The monoisotopic (exact) mass is 334 g/mol. The molecule has 2 aromatic carbocycles. The van der Waals surface area contributed by atoms with E-state index in [4.69, 9.17) is 0 Å². The van der Waals surface area contributed by atoms with E-state index >= 15 is 0 Å². The Morgan fingerprint density at radius 1 is 1.12 bits per heavy atom. The smallest absolute Gasteiger partial charge is 0.336 e. The van der Waals surface area contributed by atoms with Crippen LogP contribution in [0.15, 0.2) is 54.7 Å². The molecule has 0 atom stereocenters. The van der Waals surface area contributed by atoms with Crippen LogP contribution in [0.25, 0.3) is 11.4 Å². The van der Waals surface area contributed by atoms with Gasteiger partial charge in [0.25, 0.3) is 0 Å². The Labute approximate surface area is 145 Å². The summed E-state index contributed by atoms with van der Waals surface area (Å²) in [7, 11) is 0. The predicted octanol–water partition coefficient (Wildman–Crippen LogP) is 3.81. The molecule has 3 rings (SSSR count). The first kappa shape index (κ1) is 16.6. The third kappa shape index (κ3) is 3.50. The third-order valence-corrected chi connectivity index (χ3v) is 3.98. The van der Waals surface area contributed by atoms with Gasteiger partial charge in [0, 0.05) is 25.2 Å². The molecule has 0 amide bonds. The number of carboxylic acid groups (broad SMARTS) is 1. The van der Waals surface area contributed by atoms with Crippen molar-refractivity contribution in [3.8, 4) is 11.4 Å². The van der Waals surface area contributed by atoms with Crippen molar-refractivity contribution < 1.29 is 14.7 Å². The maximum absolute atomic E-state index is 11.8. The normalized spacial score (nSPS) is 10.6. The van der Waals surface area contributed by atoms with Crippen LogP contribution in [0.1, 0.15) is 38.9 Å². The number of hydrogen-bond acceptors (Lipinski definition) is 3. The number of carboxylic acids is 1. The van der Waals surface area contributed by atoms with Crippen LogP contribution >= 0.6 is 0 Å². The molecular weight excluding hydrogens is 316 g/mol. The molecule has 0 aliphatic carbocycles. The summed E-state index contributed by atoms with van der Waals surface area (Å²) < 4.78 is 1.82. The van der Waals surface area contributed by atoms with Crippen molar-refractivity contribution in [1.82, 2.24) is 9.55 Å². The van der Waals surface area contributed by atoms with Crippen molar-refractivity contribution in [2.75, 3.05) is 0 Å². The molecule has 0 saturated heterocycles. The lowest BCUT2D eigenvalue weighted by molar-refractivity contribution is 0.0697. The quantitative estimate of drug-likeness (QED) is 0.720. The number of carbonyl (C=O) groups excluding carboxylic acids is 1. The van der Waals surface area contributed by atoms with Gasteiger partial charge in [-0.3, -0.25) is 4.79 Å². The van der Waals surface area contributed by atoms with E-state index in [1.807, 2.05) is 47.9 Å². The average molecular weight is 334 g/mol. The van der Waals surface area contributed by atoms with E-state index in [9.17, 15) is 14.7 Å². The molecule has 126 valence electrons. The van der Waals surface area contributed by atoms with E-state index in [0.29, 0.717) is 23.6 Å². The maximum Gasteiger partial charge on any atom is 0.336 e. The number of nitrogens with zero attached hydrogens (tertiary/aromatic N) is 2. The maximum atomic E-state index is 11.8. The number of carbonyl (C=O) groups is 2. The third-order valence-electron chi connectivity index (χ3n) is 3.98. The van der Waals surface area contributed by atoms with Gasteiger partial charge in [-0.25, -0.2) is 9.78 Å². The molecule has 1 N–H and O–H groups in total. The first-order valence-corrected chi connectivity index (χ1v) is 7.92. The fourth-order valence-electron chi connectivity index (χ4n) is 2.73. The fraction of sp³-hybridized carbons (Fsp3) is 0.150. The summed E-state index contributed by atoms with van der Waals surface area (Å²) in [5.41, 5.74) is 2.90. The number of Topliss-reactive ketones (excluding diaryl/α,β-unsaturated/α-hetero) is 1. The second-order valence-electron chi connectivity index (χ2n) is 5.97. The first-order chi connectivity index (χ1) is 12.0. The standard InChI is InChI=1S/C20H18N2O3/c1-13-8-9-16(17(10-13)20(24)25)19-21-18(14(2)23)12-22(19)11-15-6-4-3-5-7-15/h3-10,12H,11H2,1-2H3,(H,24,25). The average Bonchev–Trinajstić information content (AvgIpc) is 2.99. The van der Waals surface area contributed by atoms with Gasteiger partial charge in [-0.05, 0) is 18.6 Å². The number of ketones is 1. The Kier molecular flexibility index (Phi) is 4.48. The van der Waals surface area contributed by atoms with Gasteiger partial charge in [0.1, 0.15) is 11.5 Å². The summed E-state index contributed by atoms with van der Waals surface area (Å²) >= 11 is 0. The van der Waals surface area contributed by atoms with Crippen LogP contribution in [0.2, 0.25) is 0 Å². The summed E-state index contributed by atoms with van der Waals surface area (Å²) in [6, 6.07) is 15.0. The lowest BCUT2D eigenvalue weighted by atomic mass is 10.0. The number of aromatic carboxylic acids is 1. The Balaban J connectivity index is 2.15. The van der Waals surface area contributed by atoms with E-state index in [0.717, 1.165) is 11.1 Å². The summed E-state index contributed by atoms with van der Waals surface area (Å²) in [5, 5.41) is 9.54. The molecule has 25 heavy (non-hydrogen) atoms. The lowest BCUT2D eigenvalue weighted by Crippen LogP contribution is -2.06. The SMILES string of the molecule is CC(=O)c1cn(Cc2ccccc2)c(-c2ccc(C)cc2C(=O)O)n1. The lowest BCUT2D eigenvalue weighted by Gasteiger charge is -2.11. The molecule has 0 radical (unpaired) electrons. The van der Waals surface area contributed by atoms with Crippen LogP contribution in [-0.2, 0) is 6.54 Å². The highest BCUT2D eigenvalue weighted by molar-refractivity contribution is 5.96. The van der Waals surface area contributed by atoms with Gasteiger partial charge in [0.05, 0.1) is 5.56 Å². The Morgan fingerprint density at radius 3 is 2.48 bits per heavy atom. The van der Waals surface area contributed by atoms with Crippen molar-refractivity contribution in [3.63, 3.8) is 0 Å². The van der Waals surface area contributed by atoms with E-state index in [1.54, 1.807) is 18.3 Å². The van der Waals surface area contributed by atoms with Crippen LogP contribution < -0.4 is 0 Å². The van der Waals surface area contributed by atoms with Crippen molar-refractivity contribution in [2.45, 2.75) is 20.4 Å². The number of hydrogen-bond donors (Lipinski definition) is 1. The molecule has 0 aliphatic rings. The highest BCUT2D eigenvalue weighted by Crippen LogP contribution is 2.26. The van der Waals surface area contributed by atoms with Gasteiger partial charge in [-0.1, -0.05) is 48.0 Å². The van der Waals surface area contributed by atoms with Gasteiger partial charge < -0.3 is 9.67 Å². The predicted molar refractivity (Wildman–Crippen MR) is 94.9 cm³/mol. The minimum absolute atomic E-state index is 0.156. The molecule has 1 heterocycles. The molecular formula is C20H18N2O3.